The molecule has 1 saturated heterocycles. The van der Waals surface area contributed by atoms with Crippen molar-refractivity contribution in [2.24, 2.45) is 12.2 Å². The van der Waals surface area contributed by atoms with Gasteiger partial charge in [-0.25, -0.2) is 19.1 Å². The number of halogens is 1. The number of rotatable bonds is 18. The highest BCUT2D eigenvalue weighted by molar-refractivity contribution is 8.01. The number of thiazole rings is 1. The maximum absolute atomic E-state index is 14.9. The van der Waals surface area contributed by atoms with Crippen molar-refractivity contribution in [1.29, 1.82) is 0 Å². The number of ether oxygens (including phenoxy) is 3. The first-order valence-electron chi connectivity index (χ1n) is 24.6. The molecule has 0 bridgehead atoms. The van der Waals surface area contributed by atoms with Crippen LogP contribution in [0.25, 0.3) is 5.65 Å². The van der Waals surface area contributed by atoms with Crippen LogP contribution in [0, 0.1) is 13.8 Å². The van der Waals surface area contributed by atoms with Crippen LogP contribution in [0.3, 0.4) is 0 Å². The van der Waals surface area contributed by atoms with Crippen molar-refractivity contribution in [3.63, 3.8) is 0 Å². The number of nitrogens with two attached hydrogens (primary N) is 1. The minimum Gasteiger partial charge on any atom is -1.00 e. The summed E-state index contributed by atoms with van der Waals surface area (Å²) >= 11 is 3.92. The van der Waals surface area contributed by atoms with E-state index in [2.05, 4.69) is 20.8 Å². The van der Waals surface area contributed by atoms with Crippen LogP contribution in [0.4, 0.5) is 10.9 Å². The molecular weight excluding hydrogens is 1070 g/mol. The van der Waals surface area contributed by atoms with Crippen molar-refractivity contribution in [3.05, 3.63) is 171 Å². The fourth-order valence-electron chi connectivity index (χ4n) is 8.81. The molecule has 2 amide bonds. The number of thioether (sulfide) groups is 2. The molecule has 3 aromatic heterocycles. The highest BCUT2D eigenvalue weighted by Gasteiger charge is 2.55. The van der Waals surface area contributed by atoms with Crippen LogP contribution < -0.4 is 38.1 Å². The summed E-state index contributed by atoms with van der Waals surface area (Å²) in [5, 5.41) is 17.5. The lowest BCUT2D eigenvalue weighted by Crippen LogP contribution is -3.00. The second-order valence-corrected chi connectivity index (χ2v) is 22.7. The number of aromatic nitrogens is 5. The van der Waals surface area contributed by atoms with Gasteiger partial charge in [0.25, 0.3) is 28.4 Å². The number of benzene rings is 4. The van der Waals surface area contributed by atoms with Gasteiger partial charge in [0, 0.05) is 28.9 Å². The first kappa shape index (κ1) is 56.7. The number of hydrogen-bond donors (Lipinski definition) is 3. The number of aryl methyl sites for hydroxylation is 3. The standard InChI is InChI=1S/C56H58N10O8S3.ClH/c1-33-45(57)60-53(66-47(33)64(8)34(2)62-66)77-31-36-30-75-49-43(48(68)65(49)44(36)50(69)72-29-35-25-27-40(71-9)28-26-35)59-46(67)42(63-74-55(6,7)51(70)73-54(3,4)5)41-32-76-52(58-41)61-56(37-19-13-10-14-20-37,38-21-15-11-16-22-38)39-23-17-12-18-24-39;/h10-28,32,43,49,57H,29-31H2,1-9H3,(H2,58,59,61,67);1H/b63-42-;. The van der Waals surface area contributed by atoms with Gasteiger partial charge >= 0.3 is 11.9 Å². The number of anilines is 2. The van der Waals surface area contributed by atoms with Crippen molar-refractivity contribution in [2.75, 3.05) is 29.7 Å². The van der Waals surface area contributed by atoms with Crippen molar-refractivity contribution >= 4 is 80.9 Å². The van der Waals surface area contributed by atoms with E-state index in [0.717, 1.165) is 33.7 Å². The van der Waals surface area contributed by atoms with E-state index in [9.17, 15) is 19.2 Å². The van der Waals surface area contributed by atoms with Gasteiger partial charge in [-0.05, 0) is 86.0 Å². The molecular formula is C56H59ClN10O8S3. The molecule has 22 heteroatoms. The number of nitrogens with zero attached hydrogens (tertiary/aromatic N) is 7. The first-order chi connectivity index (χ1) is 36.8. The van der Waals surface area contributed by atoms with Gasteiger partial charge in [0.2, 0.25) is 5.60 Å². The molecule has 406 valence electrons. The van der Waals surface area contributed by atoms with E-state index in [1.807, 2.05) is 116 Å². The minimum atomic E-state index is -1.67. The summed E-state index contributed by atoms with van der Waals surface area (Å²) in [6.07, 6.45) is 0. The van der Waals surface area contributed by atoms with E-state index in [1.54, 1.807) is 62.0 Å². The molecule has 0 saturated carbocycles. The number of oxime groups is 1. The summed E-state index contributed by atoms with van der Waals surface area (Å²) in [6.45, 7) is 11.8. The van der Waals surface area contributed by atoms with E-state index < -0.39 is 51.9 Å². The Balaban J connectivity index is 0.00000803. The van der Waals surface area contributed by atoms with Crippen molar-refractivity contribution in [2.45, 2.75) is 88.4 Å². The quantitative estimate of drug-likeness (QED) is 0.0156. The molecule has 0 radical (unpaired) electrons. The average molecular weight is 1130 g/mol. The van der Waals surface area contributed by atoms with Crippen LogP contribution in [-0.2, 0) is 52.7 Å². The summed E-state index contributed by atoms with van der Waals surface area (Å²) < 4.78 is 20.5. The molecule has 2 aliphatic heterocycles. The molecule has 1 fully saturated rings. The van der Waals surface area contributed by atoms with E-state index >= 15 is 0 Å². The third kappa shape index (κ3) is 11.5. The Bertz CT molecular complexity index is 3330. The zero-order valence-electron chi connectivity index (χ0n) is 44.4. The molecule has 78 heavy (non-hydrogen) atoms. The van der Waals surface area contributed by atoms with Gasteiger partial charge in [-0.1, -0.05) is 120 Å². The molecule has 2 atom stereocenters. The van der Waals surface area contributed by atoms with Crippen LogP contribution in [0.1, 0.15) is 74.0 Å². The number of amides is 2. The highest BCUT2D eigenvalue weighted by Crippen LogP contribution is 2.43. The zero-order valence-corrected chi connectivity index (χ0v) is 47.6. The van der Waals surface area contributed by atoms with E-state index in [4.69, 9.17) is 34.9 Å². The van der Waals surface area contributed by atoms with E-state index in [1.165, 1.54) is 53.6 Å². The first-order valence-corrected chi connectivity index (χ1v) is 27.5. The van der Waals surface area contributed by atoms with E-state index in [-0.39, 0.29) is 41.9 Å². The second-order valence-electron chi connectivity index (χ2n) is 19.8. The number of nitrogen functional groups attached to an aromatic ring is 1. The topological polar surface area (TPSA) is 218 Å². The predicted octanol–water partition coefficient (Wildman–Crippen LogP) is 4.66. The lowest BCUT2D eigenvalue weighted by molar-refractivity contribution is -0.652. The van der Waals surface area contributed by atoms with Crippen molar-refractivity contribution in [3.8, 4) is 5.75 Å². The normalized spacial score (nSPS) is 15.7. The fourth-order valence-corrected chi connectivity index (χ4v) is 12.0. The van der Waals surface area contributed by atoms with Crippen molar-refractivity contribution in [1.82, 2.24) is 29.8 Å². The van der Waals surface area contributed by atoms with Crippen LogP contribution in [0.2, 0.25) is 0 Å². The van der Waals surface area contributed by atoms with Crippen LogP contribution in [0.15, 0.2) is 142 Å². The summed E-state index contributed by atoms with van der Waals surface area (Å²) in [5.41, 5.74) is 8.41. The highest BCUT2D eigenvalue weighted by atomic mass is 35.5. The molecule has 7 aromatic rings. The third-order valence-corrected chi connectivity index (χ3v) is 16.0. The van der Waals surface area contributed by atoms with Gasteiger partial charge < -0.3 is 47.8 Å². The van der Waals surface area contributed by atoms with Crippen LogP contribution >= 0.6 is 34.9 Å². The molecule has 4 aromatic carbocycles. The molecule has 2 unspecified atom stereocenters. The number of esters is 2. The Kier molecular flexibility index (Phi) is 16.9. The summed E-state index contributed by atoms with van der Waals surface area (Å²) in [6, 6.07) is 35.9. The Morgan fingerprint density at radius 3 is 2.06 bits per heavy atom. The van der Waals surface area contributed by atoms with Gasteiger partial charge in [-0.3, -0.25) is 14.5 Å². The van der Waals surface area contributed by atoms with E-state index in [0.29, 0.717) is 38.7 Å². The number of β-lactam (4-membered cyclic amide) rings is 1. The predicted molar refractivity (Wildman–Crippen MR) is 296 cm³/mol. The lowest BCUT2D eigenvalue weighted by Gasteiger charge is -2.49. The molecule has 5 heterocycles. The largest absolute Gasteiger partial charge is 1.00 e. The number of methoxy groups -OCH3 is 1. The van der Waals surface area contributed by atoms with Gasteiger partial charge in [0.05, 0.1) is 19.7 Å². The van der Waals surface area contributed by atoms with Crippen molar-refractivity contribution < 1.29 is 55.2 Å². The lowest BCUT2D eigenvalue weighted by atomic mass is 9.77. The second kappa shape index (κ2) is 23.2. The number of nitrogens with one attached hydrogen (secondary N) is 2. The summed E-state index contributed by atoms with van der Waals surface area (Å²) in [5.74, 6) is -0.573. The van der Waals surface area contributed by atoms with Crippen LogP contribution in [0.5, 0.6) is 5.75 Å². The molecule has 4 N–H and O–H groups in total. The minimum absolute atomic E-state index is 0. The molecule has 0 spiro atoms. The Labute approximate surface area is 470 Å². The molecule has 2 aliphatic rings. The van der Waals surface area contributed by atoms with Gasteiger partial charge in [-0.2, -0.15) is 4.98 Å². The fraction of sp³-hybridized carbons (Fsp3) is 0.304. The Hall–Kier alpha value is -7.46. The Morgan fingerprint density at radius 2 is 1.49 bits per heavy atom. The summed E-state index contributed by atoms with van der Waals surface area (Å²) in [4.78, 5) is 74.2. The molecule has 0 aliphatic carbocycles. The van der Waals surface area contributed by atoms with Gasteiger partial charge in [0.1, 0.15) is 52.1 Å². The van der Waals surface area contributed by atoms with Crippen LogP contribution in [-0.4, -0.2) is 95.2 Å². The average Bonchev–Trinajstić information content (AvgIpc) is 4.10. The van der Waals surface area contributed by atoms with Gasteiger partial charge in [0.15, 0.2) is 10.8 Å². The maximum Gasteiger partial charge on any atom is 0.355 e. The molecule has 9 rings (SSSR count). The van der Waals surface area contributed by atoms with Gasteiger partial charge in [-0.15, -0.1) is 23.1 Å². The molecule has 18 nitrogen and oxygen atoms in total. The zero-order chi connectivity index (χ0) is 54.8. The maximum atomic E-state index is 14.9. The Morgan fingerprint density at radius 1 is 0.885 bits per heavy atom. The summed E-state index contributed by atoms with van der Waals surface area (Å²) in [7, 11) is 3.46. The third-order valence-electron chi connectivity index (χ3n) is 12.9. The smallest absolute Gasteiger partial charge is 0.355 e. The SMILES string of the molecule is COc1ccc(COC(=O)C2=C(CSc3nc(N)c(C)c4n3nc(C)[n+]4C)CSC3C(NC(=O)/C(=N\OC(C)(C)C(=O)OC(C)(C)C)c4csc(NC(c5ccccc5)(c5ccccc5)c5ccccc5)n4)C(=O)N23)cc1.[Cl-]. The number of carbonyl (C=O) groups excluding carboxylic acids is 4. The number of hydrogen-bond acceptors (Lipinski definition) is 17. The monoisotopic (exact) mass is 1130 g/mol. The number of carbonyl (C=O) groups is 4. The number of fused-ring (bicyclic) bond motifs is 2.